The maximum atomic E-state index is 12.8. The van der Waals surface area contributed by atoms with Crippen LogP contribution in [-0.4, -0.2) is 53.1 Å². The van der Waals surface area contributed by atoms with Gasteiger partial charge in [0.05, 0.1) is 19.1 Å². The highest BCUT2D eigenvalue weighted by Gasteiger charge is 2.27. The van der Waals surface area contributed by atoms with Gasteiger partial charge in [0.25, 0.3) is 0 Å². The number of hydrogen-bond donors (Lipinski definition) is 1. The Morgan fingerprint density at radius 2 is 2.16 bits per heavy atom. The molecular formula is C15H24F2IN5O2. The van der Waals surface area contributed by atoms with Crippen LogP contribution in [0.4, 0.5) is 8.78 Å². The van der Waals surface area contributed by atoms with E-state index in [1.54, 1.807) is 14.0 Å². The van der Waals surface area contributed by atoms with Gasteiger partial charge in [-0.3, -0.25) is 14.4 Å². The Kier molecular flexibility index (Phi) is 9.08. The molecule has 1 fully saturated rings. The second-order valence-electron chi connectivity index (χ2n) is 5.44. The van der Waals surface area contributed by atoms with Crippen LogP contribution < -0.4 is 5.32 Å². The van der Waals surface area contributed by atoms with Gasteiger partial charge in [-0.05, 0) is 19.8 Å². The SMILES string of the molecule is CCOC(=O)C1CCN(C(=NC)NCc2nccn2C(F)F)CC1.I. The van der Waals surface area contributed by atoms with Crippen LogP contribution in [0.1, 0.15) is 32.1 Å². The highest BCUT2D eigenvalue weighted by molar-refractivity contribution is 14.0. The molecule has 0 unspecified atom stereocenters. The molecule has 0 saturated carbocycles. The minimum absolute atomic E-state index is 0. The molecule has 142 valence electrons. The summed E-state index contributed by atoms with van der Waals surface area (Å²) in [6.07, 6.45) is 3.96. The molecule has 2 heterocycles. The second-order valence-corrected chi connectivity index (χ2v) is 5.44. The Morgan fingerprint density at radius 3 is 2.72 bits per heavy atom. The molecule has 1 aromatic rings. The van der Waals surface area contributed by atoms with E-state index >= 15 is 0 Å². The Morgan fingerprint density at radius 1 is 1.48 bits per heavy atom. The summed E-state index contributed by atoms with van der Waals surface area (Å²) in [7, 11) is 1.64. The van der Waals surface area contributed by atoms with E-state index < -0.39 is 6.55 Å². The number of carbonyl (C=O) groups excluding carboxylic acids is 1. The number of likely N-dealkylation sites (tertiary alicyclic amines) is 1. The van der Waals surface area contributed by atoms with Crippen LogP contribution in [0.5, 0.6) is 0 Å². The molecule has 1 aromatic heterocycles. The fraction of sp³-hybridized carbons (Fsp3) is 0.667. The summed E-state index contributed by atoms with van der Waals surface area (Å²) >= 11 is 0. The van der Waals surface area contributed by atoms with Crippen molar-refractivity contribution in [2.75, 3.05) is 26.7 Å². The van der Waals surface area contributed by atoms with Gasteiger partial charge in [0.1, 0.15) is 5.82 Å². The predicted molar refractivity (Wildman–Crippen MR) is 100 cm³/mol. The fourth-order valence-electron chi connectivity index (χ4n) is 2.74. The number of esters is 1. The number of guanidine groups is 1. The zero-order valence-electron chi connectivity index (χ0n) is 14.3. The molecule has 2 rings (SSSR count). The highest BCUT2D eigenvalue weighted by atomic mass is 127. The smallest absolute Gasteiger partial charge is 0.319 e. The van der Waals surface area contributed by atoms with Crippen molar-refractivity contribution in [3.63, 3.8) is 0 Å². The summed E-state index contributed by atoms with van der Waals surface area (Å²) in [6.45, 7) is 1.04. The van der Waals surface area contributed by atoms with Crippen LogP contribution in [0, 0.1) is 5.92 Å². The minimum Gasteiger partial charge on any atom is -0.466 e. The van der Waals surface area contributed by atoms with E-state index in [4.69, 9.17) is 4.74 Å². The number of nitrogens with zero attached hydrogens (tertiary/aromatic N) is 4. The van der Waals surface area contributed by atoms with Crippen molar-refractivity contribution in [2.45, 2.75) is 32.9 Å². The largest absolute Gasteiger partial charge is 0.466 e. The number of aliphatic imine (C=N–C) groups is 1. The van der Waals surface area contributed by atoms with Gasteiger partial charge in [-0.15, -0.1) is 24.0 Å². The summed E-state index contributed by atoms with van der Waals surface area (Å²) < 4.78 is 31.5. The van der Waals surface area contributed by atoms with Crippen molar-refractivity contribution in [3.8, 4) is 0 Å². The van der Waals surface area contributed by atoms with Gasteiger partial charge in [-0.2, -0.15) is 8.78 Å². The van der Waals surface area contributed by atoms with Gasteiger partial charge in [0.2, 0.25) is 0 Å². The molecule has 1 saturated heterocycles. The average molecular weight is 471 g/mol. The summed E-state index contributed by atoms with van der Waals surface area (Å²) in [4.78, 5) is 21.9. The van der Waals surface area contributed by atoms with E-state index in [0.717, 1.165) is 4.57 Å². The zero-order chi connectivity index (χ0) is 17.5. The molecule has 0 radical (unpaired) electrons. The molecule has 0 aromatic carbocycles. The van der Waals surface area contributed by atoms with E-state index in [1.165, 1.54) is 12.4 Å². The highest BCUT2D eigenvalue weighted by Crippen LogP contribution is 2.19. The third kappa shape index (κ3) is 5.79. The number of imidazole rings is 1. The number of rotatable bonds is 5. The molecule has 1 aliphatic rings. The third-order valence-electron chi connectivity index (χ3n) is 3.99. The van der Waals surface area contributed by atoms with E-state index in [-0.39, 0.29) is 48.2 Å². The normalized spacial score (nSPS) is 15.9. The van der Waals surface area contributed by atoms with Crippen molar-refractivity contribution in [1.29, 1.82) is 0 Å². The second kappa shape index (κ2) is 10.5. The number of alkyl halides is 2. The summed E-state index contributed by atoms with van der Waals surface area (Å²) in [5.41, 5.74) is 0. The number of hydrogen-bond acceptors (Lipinski definition) is 4. The lowest BCUT2D eigenvalue weighted by Crippen LogP contribution is -2.46. The Labute approximate surface area is 162 Å². The maximum absolute atomic E-state index is 12.8. The Balaban J connectivity index is 0.00000312. The van der Waals surface area contributed by atoms with E-state index in [0.29, 0.717) is 38.5 Å². The molecule has 0 amide bonds. The molecule has 25 heavy (non-hydrogen) atoms. The first-order chi connectivity index (χ1) is 11.6. The van der Waals surface area contributed by atoms with Gasteiger partial charge in [-0.25, -0.2) is 4.98 Å². The van der Waals surface area contributed by atoms with E-state index in [1.807, 2.05) is 4.90 Å². The molecule has 1 aliphatic heterocycles. The van der Waals surface area contributed by atoms with Gasteiger partial charge < -0.3 is 15.0 Å². The monoisotopic (exact) mass is 471 g/mol. The molecule has 0 atom stereocenters. The molecule has 0 aliphatic carbocycles. The van der Waals surface area contributed by atoms with Crippen LogP contribution in [0.15, 0.2) is 17.4 Å². The summed E-state index contributed by atoms with van der Waals surface area (Å²) in [5, 5.41) is 3.05. The minimum atomic E-state index is -2.62. The average Bonchev–Trinajstić information content (AvgIpc) is 3.05. The first kappa shape index (κ1) is 21.6. The first-order valence-electron chi connectivity index (χ1n) is 7.98. The van der Waals surface area contributed by atoms with E-state index in [2.05, 4.69) is 15.3 Å². The molecule has 1 N–H and O–H groups in total. The maximum Gasteiger partial charge on any atom is 0.319 e. The molecular weight excluding hydrogens is 447 g/mol. The quantitative estimate of drug-likeness (QED) is 0.309. The summed E-state index contributed by atoms with van der Waals surface area (Å²) in [6, 6.07) is 0. The lowest BCUT2D eigenvalue weighted by atomic mass is 9.97. The van der Waals surface area contributed by atoms with Crippen LogP contribution >= 0.6 is 24.0 Å². The fourth-order valence-corrected chi connectivity index (χ4v) is 2.74. The van der Waals surface area contributed by atoms with Gasteiger partial charge in [-0.1, -0.05) is 0 Å². The molecule has 7 nitrogen and oxygen atoms in total. The van der Waals surface area contributed by atoms with Gasteiger partial charge in [0.15, 0.2) is 5.96 Å². The number of carbonyl (C=O) groups is 1. The molecule has 0 spiro atoms. The number of halogens is 3. The molecule has 10 heteroatoms. The standard InChI is InChI=1S/C15H23F2N5O2.HI/c1-3-24-13(23)11-4-7-21(8-5-11)15(18-2)20-10-12-19-6-9-22(12)14(16)17;/h6,9,11,14H,3-5,7-8,10H2,1-2H3,(H,18,20);1H. The van der Waals surface area contributed by atoms with E-state index in [9.17, 15) is 13.6 Å². The number of ether oxygens (including phenoxy) is 1. The Hall–Kier alpha value is -1.46. The lowest BCUT2D eigenvalue weighted by Gasteiger charge is -2.33. The zero-order valence-corrected chi connectivity index (χ0v) is 16.7. The van der Waals surface area contributed by atoms with Gasteiger partial charge >= 0.3 is 12.5 Å². The van der Waals surface area contributed by atoms with Crippen LogP contribution in [0.2, 0.25) is 0 Å². The Bertz CT molecular complexity index is 574. The van der Waals surface area contributed by atoms with Crippen molar-refractivity contribution in [3.05, 3.63) is 18.2 Å². The van der Waals surface area contributed by atoms with Crippen molar-refractivity contribution in [2.24, 2.45) is 10.9 Å². The van der Waals surface area contributed by atoms with Crippen molar-refractivity contribution in [1.82, 2.24) is 19.8 Å². The van der Waals surface area contributed by atoms with Crippen molar-refractivity contribution >= 4 is 35.9 Å². The van der Waals surface area contributed by atoms with Crippen molar-refractivity contribution < 1.29 is 18.3 Å². The predicted octanol–water partition coefficient (Wildman–Crippen LogP) is 2.25. The van der Waals surface area contributed by atoms with Crippen LogP contribution in [-0.2, 0) is 16.1 Å². The third-order valence-corrected chi connectivity index (χ3v) is 3.99. The first-order valence-corrected chi connectivity index (χ1v) is 7.98. The number of aromatic nitrogens is 2. The number of nitrogens with one attached hydrogen (secondary N) is 1. The van der Waals surface area contributed by atoms with Gasteiger partial charge in [0, 0.05) is 32.5 Å². The van der Waals surface area contributed by atoms with Crippen LogP contribution in [0.3, 0.4) is 0 Å². The van der Waals surface area contributed by atoms with Crippen LogP contribution in [0.25, 0.3) is 0 Å². The lowest BCUT2D eigenvalue weighted by molar-refractivity contribution is -0.149. The molecule has 0 bridgehead atoms. The number of piperidine rings is 1. The summed E-state index contributed by atoms with van der Waals surface area (Å²) in [5.74, 6) is 0.616. The topological polar surface area (TPSA) is 71.8 Å².